The number of anilines is 2. The van der Waals surface area contributed by atoms with E-state index < -0.39 is 31.4 Å². The van der Waals surface area contributed by atoms with Gasteiger partial charge < -0.3 is 24.7 Å². The van der Waals surface area contributed by atoms with Crippen molar-refractivity contribution in [2.24, 2.45) is 17.3 Å². The molecule has 5 heterocycles. The zero-order valence-electron chi connectivity index (χ0n) is 37.1. The molecule has 0 radical (unpaired) electrons. The van der Waals surface area contributed by atoms with E-state index in [-0.39, 0.29) is 39.5 Å². The molecule has 0 bridgehead atoms. The molecule has 2 aromatic carbocycles. The van der Waals surface area contributed by atoms with Crippen molar-refractivity contribution >= 4 is 55.8 Å². The monoisotopic (exact) mass is 924 g/mol. The summed E-state index contributed by atoms with van der Waals surface area (Å²) in [4.78, 5) is 41.5. The fourth-order valence-corrected chi connectivity index (χ4v) is 11.6. The second-order valence-electron chi connectivity index (χ2n) is 18.9. The summed E-state index contributed by atoms with van der Waals surface area (Å²) < 4.78 is 42.0. The zero-order valence-corrected chi connectivity index (χ0v) is 38.7. The number of nitrogens with zero attached hydrogens (tertiary/aromatic N) is 5. The average Bonchev–Trinajstić information content (AvgIpc) is 3.75. The molecule has 1 amide bonds. The summed E-state index contributed by atoms with van der Waals surface area (Å²) in [5, 5.41) is 16.0. The van der Waals surface area contributed by atoms with Crippen LogP contribution in [0.1, 0.15) is 106 Å². The number of carbonyl (C=O) groups is 1. The third-order valence-electron chi connectivity index (χ3n) is 14.3. The lowest BCUT2D eigenvalue weighted by atomic mass is 9.59. The van der Waals surface area contributed by atoms with Crippen LogP contribution in [-0.2, 0) is 14.8 Å². The van der Waals surface area contributed by atoms with Crippen LogP contribution in [0.3, 0.4) is 0 Å². The largest absolute Gasteiger partial charge is 0.453 e. The summed E-state index contributed by atoms with van der Waals surface area (Å²) in [6, 6.07) is 19.0. The quantitative estimate of drug-likeness (QED) is 0.0578. The van der Waals surface area contributed by atoms with E-state index in [9.17, 15) is 23.3 Å². The smallest absolute Gasteiger partial charge is 0.312 e. The fourth-order valence-electron chi connectivity index (χ4n) is 10.5. The van der Waals surface area contributed by atoms with Crippen LogP contribution in [0, 0.1) is 27.4 Å². The number of hydrogen-bond donors (Lipinski definition) is 3. The molecule has 15 nitrogen and oxygen atoms in total. The minimum absolute atomic E-state index is 0.0233. The number of halogens is 1. The molecule has 2 saturated heterocycles. The van der Waals surface area contributed by atoms with Gasteiger partial charge in [0.25, 0.3) is 15.9 Å². The molecule has 4 aliphatic rings. The van der Waals surface area contributed by atoms with E-state index in [0.717, 1.165) is 101 Å². The number of piperidine rings is 1. The van der Waals surface area contributed by atoms with Gasteiger partial charge in [-0.05, 0) is 97.1 Å². The van der Waals surface area contributed by atoms with E-state index in [4.69, 9.17) is 21.1 Å². The number of nitro groups is 1. The minimum atomic E-state index is -4.63. The maximum Gasteiger partial charge on any atom is 0.312 e. The van der Waals surface area contributed by atoms with Crippen molar-refractivity contribution in [1.82, 2.24) is 24.6 Å². The number of carbonyl (C=O) groups excluding carboxylic acids is 1. The SMILES string of the molecule is CC(C)c1ccccc1[C@@H]1COCCN1C1CC2(CCN(c3ccc(C(=O)NS(=O)(=O)c4cnc(NC[C@H]5CC[C@@H](C)CC5)c([N+](=O)[O-])c4)c(Oc4cc5cc[nH]c5nc4Cl)c3)CC2)C1. The van der Waals surface area contributed by atoms with Crippen molar-refractivity contribution < 1.29 is 27.6 Å². The normalized spacial score (nSPS) is 21.6. The number of aromatic amines is 1. The zero-order chi connectivity index (χ0) is 45.5. The van der Waals surface area contributed by atoms with Crippen molar-refractivity contribution in [1.29, 1.82) is 0 Å². The van der Waals surface area contributed by atoms with Crippen LogP contribution >= 0.6 is 11.6 Å². The molecule has 2 aliphatic heterocycles. The average molecular weight is 926 g/mol. The fraction of sp³-hybridized carbons (Fsp3) is 0.479. The van der Waals surface area contributed by atoms with Gasteiger partial charge in [0.05, 0.1) is 35.9 Å². The Balaban J connectivity index is 0.913. The van der Waals surface area contributed by atoms with Crippen molar-refractivity contribution in [3.05, 3.63) is 105 Å². The van der Waals surface area contributed by atoms with Gasteiger partial charge in [-0.15, -0.1) is 0 Å². The van der Waals surface area contributed by atoms with E-state index in [1.165, 1.54) is 17.2 Å². The number of sulfonamides is 1. The first-order valence-electron chi connectivity index (χ1n) is 22.8. The second-order valence-corrected chi connectivity index (χ2v) is 20.9. The number of nitrogens with one attached hydrogen (secondary N) is 3. The van der Waals surface area contributed by atoms with Crippen LogP contribution in [0.4, 0.5) is 17.2 Å². The van der Waals surface area contributed by atoms with Crippen molar-refractivity contribution in [2.75, 3.05) is 49.6 Å². The maximum atomic E-state index is 14.0. The summed E-state index contributed by atoms with van der Waals surface area (Å²) in [7, 11) is -4.63. The van der Waals surface area contributed by atoms with Gasteiger partial charge in [0.15, 0.2) is 10.9 Å². The molecule has 1 atom stereocenters. The first-order chi connectivity index (χ1) is 31.3. The van der Waals surface area contributed by atoms with Gasteiger partial charge >= 0.3 is 5.69 Å². The van der Waals surface area contributed by atoms with E-state index in [1.807, 2.05) is 6.07 Å². The van der Waals surface area contributed by atoms with Gasteiger partial charge in [-0.2, -0.15) is 0 Å². The summed E-state index contributed by atoms with van der Waals surface area (Å²) in [5.41, 5.74) is 3.77. The van der Waals surface area contributed by atoms with E-state index in [0.29, 0.717) is 42.6 Å². The van der Waals surface area contributed by atoms with Crippen LogP contribution in [-0.4, -0.2) is 84.5 Å². The number of rotatable bonds is 13. The molecule has 2 saturated carbocycles. The predicted octanol–water partition coefficient (Wildman–Crippen LogP) is 9.61. The molecule has 344 valence electrons. The third-order valence-corrected chi connectivity index (χ3v) is 15.9. The highest BCUT2D eigenvalue weighted by molar-refractivity contribution is 7.90. The summed E-state index contributed by atoms with van der Waals surface area (Å²) >= 11 is 6.59. The third kappa shape index (κ3) is 9.54. The van der Waals surface area contributed by atoms with E-state index in [1.54, 1.807) is 24.4 Å². The maximum absolute atomic E-state index is 14.0. The van der Waals surface area contributed by atoms with Gasteiger partial charge in [-0.3, -0.25) is 19.8 Å². The minimum Gasteiger partial charge on any atom is -0.453 e. The predicted molar refractivity (Wildman–Crippen MR) is 250 cm³/mol. The molecule has 9 rings (SSSR count). The van der Waals surface area contributed by atoms with Crippen LogP contribution in [0.15, 0.2) is 78.0 Å². The lowest BCUT2D eigenvalue weighted by Gasteiger charge is -2.57. The van der Waals surface area contributed by atoms with Gasteiger partial charge in [-0.1, -0.05) is 69.5 Å². The Bertz CT molecular complexity index is 2670. The van der Waals surface area contributed by atoms with Gasteiger partial charge in [0.2, 0.25) is 5.82 Å². The number of ether oxygens (including phenoxy) is 2. The molecule has 0 unspecified atom stereocenters. The number of pyridine rings is 2. The number of hydrogen-bond acceptors (Lipinski definition) is 12. The van der Waals surface area contributed by atoms with Crippen molar-refractivity contribution in [3.63, 3.8) is 0 Å². The number of morpholine rings is 1. The van der Waals surface area contributed by atoms with Crippen molar-refractivity contribution in [2.45, 2.75) is 95.0 Å². The number of benzene rings is 2. The second kappa shape index (κ2) is 18.5. The Hall–Kier alpha value is -5.29. The number of amides is 1. The molecule has 4 fully saturated rings. The molecular weight excluding hydrogens is 868 g/mol. The molecule has 2 aliphatic carbocycles. The van der Waals surface area contributed by atoms with Crippen LogP contribution in [0.2, 0.25) is 5.15 Å². The number of fused-ring (bicyclic) bond motifs is 1. The Morgan fingerprint density at radius 2 is 1.82 bits per heavy atom. The molecule has 1 spiro atoms. The Morgan fingerprint density at radius 1 is 1.05 bits per heavy atom. The summed E-state index contributed by atoms with van der Waals surface area (Å²) in [5.74, 6) is 0.645. The Morgan fingerprint density at radius 3 is 2.57 bits per heavy atom. The number of aromatic nitrogens is 3. The highest BCUT2D eigenvalue weighted by Gasteiger charge is 2.49. The lowest BCUT2D eigenvalue weighted by Crippen LogP contribution is -2.58. The summed E-state index contributed by atoms with van der Waals surface area (Å²) in [6.07, 6.45) is 11.2. The summed E-state index contributed by atoms with van der Waals surface area (Å²) in [6.45, 7) is 11.2. The van der Waals surface area contributed by atoms with Crippen LogP contribution in [0.5, 0.6) is 11.5 Å². The molecule has 65 heavy (non-hydrogen) atoms. The molecule has 3 N–H and O–H groups in total. The Kier molecular flexibility index (Phi) is 12.8. The number of H-pyrrole nitrogens is 1. The molecule has 3 aromatic heterocycles. The first-order valence-corrected chi connectivity index (χ1v) is 24.7. The molecular formula is C48H57ClN8O7S. The van der Waals surface area contributed by atoms with Gasteiger partial charge in [0, 0.05) is 61.6 Å². The van der Waals surface area contributed by atoms with Crippen LogP contribution < -0.4 is 19.7 Å². The molecule has 5 aromatic rings. The van der Waals surface area contributed by atoms with E-state index in [2.05, 4.69) is 79.8 Å². The van der Waals surface area contributed by atoms with Crippen LogP contribution in [0.25, 0.3) is 11.0 Å². The van der Waals surface area contributed by atoms with Gasteiger partial charge in [0.1, 0.15) is 16.3 Å². The first kappa shape index (κ1) is 44.9. The van der Waals surface area contributed by atoms with Crippen molar-refractivity contribution in [3.8, 4) is 11.5 Å². The van der Waals surface area contributed by atoms with Gasteiger partial charge in [-0.25, -0.2) is 23.1 Å². The Labute approximate surface area is 384 Å². The highest BCUT2D eigenvalue weighted by atomic mass is 35.5. The van der Waals surface area contributed by atoms with E-state index >= 15 is 0 Å². The standard InChI is InChI=1S/C48H57ClN8O7S/c1-30(2)37-6-4-5-7-38(37)41-29-63-21-20-56(41)35-25-48(26-35)15-18-55(19-16-48)34-12-13-39(42(23-34)64-43-22-33-14-17-50-45(33)53-44(43)49)47(58)54-65(61,62)36-24-40(57(59)60)46(52-28-36)51-27-32-10-8-31(3)9-11-32/h4-7,12-14,17,22-24,28,30-32,35,41H,8-11,15-16,18-21,25-27,29H2,1-3H3,(H,50,53)(H,51,52)(H,54,58)/t31-,32+,41-/m0/s1. The topological polar surface area (TPSA) is 185 Å². The lowest BCUT2D eigenvalue weighted by molar-refractivity contribution is -0.384. The highest BCUT2D eigenvalue weighted by Crippen LogP contribution is 2.53. The molecule has 17 heteroatoms.